The second-order valence-corrected chi connectivity index (χ2v) is 4.96. The Kier molecular flexibility index (Phi) is 2.97. The van der Waals surface area contributed by atoms with E-state index in [1.807, 2.05) is 0 Å². The Labute approximate surface area is 106 Å². The maximum absolute atomic E-state index is 11.8. The Morgan fingerprint density at radius 2 is 1.71 bits per heavy atom. The second kappa shape index (κ2) is 4.29. The SMILES string of the molecule is C[C@H](Br)C(=O)NN1C(=O)c2ccccc2C1=O. The lowest BCUT2D eigenvalue weighted by atomic mass is 10.1. The van der Waals surface area contributed by atoms with Crippen LogP contribution in [-0.2, 0) is 4.79 Å². The molecule has 3 amide bonds. The minimum atomic E-state index is -0.507. The molecule has 0 saturated heterocycles. The van der Waals surface area contributed by atoms with Crippen molar-refractivity contribution in [2.24, 2.45) is 0 Å². The van der Waals surface area contributed by atoms with Gasteiger partial charge in [-0.25, -0.2) is 0 Å². The maximum atomic E-state index is 11.8. The van der Waals surface area contributed by atoms with Crippen LogP contribution < -0.4 is 5.43 Å². The van der Waals surface area contributed by atoms with Gasteiger partial charge in [-0.3, -0.25) is 19.8 Å². The van der Waals surface area contributed by atoms with Gasteiger partial charge in [-0.05, 0) is 19.1 Å². The van der Waals surface area contributed by atoms with Crippen molar-refractivity contribution in [3.05, 3.63) is 35.4 Å². The van der Waals surface area contributed by atoms with Crippen LogP contribution in [0, 0.1) is 0 Å². The third kappa shape index (κ3) is 1.95. The van der Waals surface area contributed by atoms with Crippen LogP contribution in [0.1, 0.15) is 27.6 Å². The molecule has 1 aliphatic rings. The van der Waals surface area contributed by atoms with E-state index in [4.69, 9.17) is 0 Å². The molecule has 17 heavy (non-hydrogen) atoms. The molecule has 0 aromatic heterocycles. The summed E-state index contributed by atoms with van der Waals surface area (Å²) in [4.78, 5) is 34.6. The number of imide groups is 1. The molecule has 0 aliphatic carbocycles. The van der Waals surface area contributed by atoms with Crippen LogP contribution in [0.4, 0.5) is 0 Å². The van der Waals surface area contributed by atoms with Gasteiger partial charge in [0.1, 0.15) is 0 Å². The minimum Gasteiger partial charge on any atom is -0.272 e. The number of nitrogens with one attached hydrogen (secondary N) is 1. The van der Waals surface area contributed by atoms with Crippen LogP contribution in [0.25, 0.3) is 0 Å². The fraction of sp³-hybridized carbons (Fsp3) is 0.182. The predicted octanol–water partition coefficient (Wildman–Crippen LogP) is 1.10. The summed E-state index contributed by atoms with van der Waals surface area (Å²) in [7, 11) is 0. The van der Waals surface area contributed by atoms with Crippen molar-refractivity contribution < 1.29 is 14.4 Å². The standard InChI is InChI=1S/C11H9BrN2O3/c1-6(12)9(15)13-14-10(16)7-4-2-3-5-8(7)11(14)17/h2-6H,1H3,(H,13,15)/t6-/m0/s1. The number of fused-ring (bicyclic) bond motifs is 1. The van der Waals surface area contributed by atoms with Gasteiger partial charge in [0.05, 0.1) is 16.0 Å². The number of carbonyl (C=O) groups excluding carboxylic acids is 3. The van der Waals surface area contributed by atoms with E-state index in [0.29, 0.717) is 11.1 Å². The van der Waals surface area contributed by atoms with E-state index in [0.717, 1.165) is 5.01 Å². The number of hydrazine groups is 1. The number of carbonyl (C=O) groups is 3. The molecule has 0 fully saturated rings. The Morgan fingerprint density at radius 3 is 2.12 bits per heavy atom. The van der Waals surface area contributed by atoms with Gasteiger partial charge < -0.3 is 0 Å². The lowest BCUT2D eigenvalue weighted by Gasteiger charge is -2.15. The fourth-order valence-corrected chi connectivity index (χ4v) is 1.59. The summed E-state index contributed by atoms with van der Waals surface area (Å²) in [5, 5.41) is 0.741. The van der Waals surface area contributed by atoms with Gasteiger partial charge in [0.15, 0.2) is 0 Å². The smallest absolute Gasteiger partial charge is 0.272 e. The summed E-state index contributed by atoms with van der Waals surface area (Å²) in [6, 6.07) is 6.45. The van der Waals surface area contributed by atoms with Crippen LogP contribution in [0.5, 0.6) is 0 Å². The molecular formula is C11H9BrN2O3. The third-order valence-electron chi connectivity index (χ3n) is 2.38. The zero-order chi connectivity index (χ0) is 12.6. The number of hydrogen-bond acceptors (Lipinski definition) is 3. The molecule has 0 spiro atoms. The lowest BCUT2D eigenvalue weighted by molar-refractivity contribution is -0.123. The van der Waals surface area contributed by atoms with Crippen LogP contribution in [-0.4, -0.2) is 27.6 Å². The van der Waals surface area contributed by atoms with Gasteiger partial charge in [0, 0.05) is 0 Å². The van der Waals surface area contributed by atoms with E-state index in [1.54, 1.807) is 31.2 Å². The van der Waals surface area contributed by atoms with E-state index in [9.17, 15) is 14.4 Å². The molecule has 1 N–H and O–H groups in total. The summed E-state index contributed by atoms with van der Waals surface area (Å²) >= 11 is 3.06. The Balaban J connectivity index is 2.28. The highest BCUT2D eigenvalue weighted by Crippen LogP contribution is 2.20. The van der Waals surface area contributed by atoms with Crippen molar-refractivity contribution in [1.29, 1.82) is 0 Å². The fourth-order valence-electron chi connectivity index (χ4n) is 1.49. The molecular weight excluding hydrogens is 288 g/mol. The molecule has 0 unspecified atom stereocenters. The van der Waals surface area contributed by atoms with Crippen LogP contribution in [0.2, 0.25) is 0 Å². The molecule has 1 aliphatic heterocycles. The quantitative estimate of drug-likeness (QED) is 0.656. The first-order valence-electron chi connectivity index (χ1n) is 4.94. The molecule has 6 heteroatoms. The van der Waals surface area contributed by atoms with E-state index in [2.05, 4.69) is 21.4 Å². The zero-order valence-corrected chi connectivity index (χ0v) is 10.5. The Morgan fingerprint density at radius 1 is 1.24 bits per heavy atom. The minimum absolute atomic E-state index is 0.306. The van der Waals surface area contributed by atoms with Gasteiger partial charge in [-0.15, -0.1) is 0 Å². The van der Waals surface area contributed by atoms with Gasteiger partial charge in [-0.2, -0.15) is 5.01 Å². The summed E-state index contributed by atoms with van der Waals surface area (Å²) in [6.45, 7) is 1.60. The van der Waals surface area contributed by atoms with Crippen LogP contribution in [0.3, 0.4) is 0 Å². The molecule has 1 atom stereocenters. The molecule has 0 saturated carbocycles. The van der Waals surface area contributed by atoms with Gasteiger partial charge in [0.2, 0.25) is 0 Å². The van der Waals surface area contributed by atoms with Crippen molar-refractivity contribution in [3.63, 3.8) is 0 Å². The van der Waals surface area contributed by atoms with Gasteiger partial charge >= 0.3 is 0 Å². The van der Waals surface area contributed by atoms with E-state index >= 15 is 0 Å². The highest BCUT2D eigenvalue weighted by Gasteiger charge is 2.36. The Bertz CT molecular complexity index is 478. The predicted molar refractivity (Wildman–Crippen MR) is 63.5 cm³/mol. The summed E-state index contributed by atoms with van der Waals surface area (Å²) < 4.78 is 0. The second-order valence-electron chi connectivity index (χ2n) is 3.58. The Hall–Kier alpha value is -1.69. The lowest BCUT2D eigenvalue weighted by Crippen LogP contribution is -2.48. The number of rotatable bonds is 2. The number of alkyl halides is 1. The molecule has 0 bridgehead atoms. The molecule has 5 nitrogen and oxygen atoms in total. The van der Waals surface area contributed by atoms with Crippen LogP contribution >= 0.6 is 15.9 Å². The summed E-state index contributed by atoms with van der Waals surface area (Å²) in [5.74, 6) is -1.46. The topological polar surface area (TPSA) is 66.5 Å². The summed E-state index contributed by atoms with van der Waals surface area (Å²) in [5.41, 5.74) is 2.88. The molecule has 1 aromatic rings. The van der Waals surface area contributed by atoms with Crippen LogP contribution in [0.15, 0.2) is 24.3 Å². The first kappa shape index (κ1) is 11.8. The highest BCUT2D eigenvalue weighted by molar-refractivity contribution is 9.10. The maximum Gasteiger partial charge on any atom is 0.280 e. The van der Waals surface area contributed by atoms with Crippen molar-refractivity contribution in [2.75, 3.05) is 0 Å². The van der Waals surface area contributed by atoms with Crippen molar-refractivity contribution in [3.8, 4) is 0 Å². The van der Waals surface area contributed by atoms with Crippen molar-refractivity contribution in [2.45, 2.75) is 11.8 Å². The number of benzene rings is 1. The molecule has 1 aromatic carbocycles. The number of hydrogen-bond donors (Lipinski definition) is 1. The molecule has 2 rings (SSSR count). The summed E-state index contributed by atoms with van der Waals surface area (Å²) in [6.07, 6.45) is 0. The molecule has 1 heterocycles. The van der Waals surface area contributed by atoms with Crippen molar-refractivity contribution in [1.82, 2.24) is 10.4 Å². The number of halogens is 1. The number of amides is 3. The average Bonchev–Trinajstić information content (AvgIpc) is 2.55. The largest absolute Gasteiger partial charge is 0.280 e. The molecule has 88 valence electrons. The van der Waals surface area contributed by atoms with E-state index in [1.165, 1.54) is 0 Å². The normalized spacial score (nSPS) is 15.8. The zero-order valence-electron chi connectivity index (χ0n) is 8.94. The first-order valence-corrected chi connectivity index (χ1v) is 5.86. The van der Waals surface area contributed by atoms with E-state index in [-0.39, 0.29) is 0 Å². The van der Waals surface area contributed by atoms with Gasteiger partial charge in [0.25, 0.3) is 17.7 Å². The highest BCUT2D eigenvalue weighted by atomic mass is 79.9. The van der Waals surface area contributed by atoms with Gasteiger partial charge in [-0.1, -0.05) is 28.1 Å². The first-order chi connectivity index (χ1) is 8.02. The monoisotopic (exact) mass is 296 g/mol. The van der Waals surface area contributed by atoms with Crippen molar-refractivity contribution >= 4 is 33.7 Å². The third-order valence-corrected chi connectivity index (χ3v) is 2.79. The molecule has 0 radical (unpaired) electrons. The number of nitrogens with zero attached hydrogens (tertiary/aromatic N) is 1. The van der Waals surface area contributed by atoms with E-state index < -0.39 is 22.5 Å². The average molecular weight is 297 g/mol.